The van der Waals surface area contributed by atoms with E-state index in [1.54, 1.807) is 0 Å². The van der Waals surface area contributed by atoms with Gasteiger partial charge < -0.3 is 10.6 Å². The molecule has 2 aliphatic rings. The normalized spacial score (nSPS) is 22.4. The van der Waals surface area contributed by atoms with Gasteiger partial charge in [0.2, 0.25) is 5.91 Å². The van der Waals surface area contributed by atoms with Crippen LogP contribution in [0.2, 0.25) is 0 Å². The molecule has 3 rings (SSSR count). The third-order valence-corrected chi connectivity index (χ3v) is 3.35. The predicted octanol–water partition coefficient (Wildman–Crippen LogP) is 1.55. The van der Waals surface area contributed by atoms with Crippen LogP contribution < -0.4 is 10.6 Å². The number of fused-ring (bicyclic) bond motifs is 1. The second kappa shape index (κ2) is 3.81. The van der Waals surface area contributed by atoms with E-state index in [1.807, 2.05) is 18.2 Å². The molecular formula is C13H16N2O. The largest absolute Gasteiger partial charge is 0.373 e. The van der Waals surface area contributed by atoms with Gasteiger partial charge in [0, 0.05) is 18.7 Å². The van der Waals surface area contributed by atoms with Crippen molar-refractivity contribution in [3.63, 3.8) is 0 Å². The van der Waals surface area contributed by atoms with Crippen LogP contribution in [0.5, 0.6) is 0 Å². The van der Waals surface area contributed by atoms with Gasteiger partial charge in [-0.2, -0.15) is 0 Å². The number of hydrogen-bond acceptors (Lipinski definition) is 2. The number of carbonyl (C=O) groups is 1. The first-order valence-electron chi connectivity index (χ1n) is 5.95. The summed E-state index contributed by atoms with van der Waals surface area (Å²) in [5, 5.41) is 6.29. The van der Waals surface area contributed by atoms with Gasteiger partial charge in [0.05, 0.1) is 0 Å². The highest BCUT2D eigenvalue weighted by atomic mass is 16.2. The highest BCUT2D eigenvalue weighted by Gasteiger charge is 2.28. The minimum Gasteiger partial charge on any atom is -0.373 e. The van der Waals surface area contributed by atoms with Crippen molar-refractivity contribution < 1.29 is 4.79 Å². The average Bonchev–Trinajstić information content (AvgIpc) is 3.02. The lowest BCUT2D eigenvalue weighted by Crippen LogP contribution is -2.39. The lowest BCUT2D eigenvalue weighted by molar-refractivity contribution is -0.121. The molecule has 1 aliphatic heterocycles. The molecule has 0 radical (unpaired) electrons. The highest BCUT2D eigenvalue weighted by Crippen LogP contribution is 2.28. The van der Waals surface area contributed by atoms with Gasteiger partial charge in [-0.3, -0.25) is 4.79 Å². The van der Waals surface area contributed by atoms with Crippen LogP contribution in [0, 0.1) is 5.92 Å². The minimum atomic E-state index is -0.0730. The molecule has 1 aromatic rings. The number of benzene rings is 1. The van der Waals surface area contributed by atoms with Crippen LogP contribution in [0.3, 0.4) is 0 Å². The number of hydrogen-bond donors (Lipinski definition) is 2. The van der Waals surface area contributed by atoms with E-state index in [0.717, 1.165) is 24.6 Å². The SMILES string of the molecule is O=C(NCC1CC1)C1Cc2ccccc2N1. The molecule has 16 heavy (non-hydrogen) atoms. The van der Waals surface area contributed by atoms with E-state index < -0.39 is 0 Å². The molecule has 1 saturated carbocycles. The Balaban J connectivity index is 1.59. The quantitative estimate of drug-likeness (QED) is 0.805. The van der Waals surface area contributed by atoms with E-state index in [9.17, 15) is 4.79 Å². The molecule has 0 aromatic heterocycles. The van der Waals surface area contributed by atoms with Gasteiger partial charge in [-0.25, -0.2) is 0 Å². The van der Waals surface area contributed by atoms with Crippen molar-refractivity contribution in [3.05, 3.63) is 29.8 Å². The van der Waals surface area contributed by atoms with E-state index >= 15 is 0 Å². The monoisotopic (exact) mass is 216 g/mol. The van der Waals surface area contributed by atoms with Gasteiger partial charge >= 0.3 is 0 Å². The molecule has 0 saturated heterocycles. The Morgan fingerprint density at radius 3 is 2.94 bits per heavy atom. The number of carbonyl (C=O) groups excluding carboxylic acids is 1. The van der Waals surface area contributed by atoms with Crippen molar-refractivity contribution in [2.75, 3.05) is 11.9 Å². The Bertz CT molecular complexity index is 387. The number of anilines is 1. The predicted molar refractivity (Wildman–Crippen MR) is 63.3 cm³/mol. The zero-order valence-electron chi connectivity index (χ0n) is 9.20. The standard InChI is InChI=1S/C13H16N2O/c16-13(14-8-9-5-6-9)12-7-10-3-1-2-4-11(10)15-12/h1-4,9,12,15H,5-8H2,(H,14,16). The molecule has 84 valence electrons. The minimum absolute atomic E-state index is 0.0730. The summed E-state index contributed by atoms with van der Waals surface area (Å²) in [6, 6.07) is 8.05. The molecule has 3 nitrogen and oxygen atoms in total. The molecule has 1 atom stereocenters. The van der Waals surface area contributed by atoms with Gasteiger partial charge in [0.25, 0.3) is 0 Å². The van der Waals surface area contributed by atoms with Crippen LogP contribution in [0.15, 0.2) is 24.3 Å². The summed E-state index contributed by atoms with van der Waals surface area (Å²) < 4.78 is 0. The van der Waals surface area contributed by atoms with Crippen molar-refractivity contribution in [2.24, 2.45) is 5.92 Å². The van der Waals surface area contributed by atoms with Gasteiger partial charge in [-0.1, -0.05) is 18.2 Å². The first kappa shape index (κ1) is 9.70. The molecule has 1 aromatic carbocycles. The maximum absolute atomic E-state index is 11.9. The molecule has 3 heteroatoms. The van der Waals surface area contributed by atoms with Gasteiger partial charge in [0.1, 0.15) is 6.04 Å². The third kappa shape index (κ3) is 1.90. The maximum Gasteiger partial charge on any atom is 0.242 e. The van der Waals surface area contributed by atoms with E-state index in [-0.39, 0.29) is 11.9 Å². The van der Waals surface area contributed by atoms with E-state index in [4.69, 9.17) is 0 Å². The fourth-order valence-corrected chi connectivity index (χ4v) is 2.15. The third-order valence-electron chi connectivity index (χ3n) is 3.35. The maximum atomic E-state index is 11.9. The molecule has 0 bridgehead atoms. The summed E-state index contributed by atoms with van der Waals surface area (Å²) in [6.45, 7) is 0.855. The zero-order chi connectivity index (χ0) is 11.0. The molecule has 1 amide bonds. The Hall–Kier alpha value is -1.51. The van der Waals surface area contributed by atoms with E-state index in [0.29, 0.717) is 0 Å². The molecule has 0 spiro atoms. The smallest absolute Gasteiger partial charge is 0.242 e. The Morgan fingerprint density at radius 2 is 2.19 bits per heavy atom. The summed E-state index contributed by atoms with van der Waals surface area (Å²) in [5.41, 5.74) is 2.35. The van der Waals surface area contributed by atoms with Gasteiger partial charge in [-0.05, 0) is 30.4 Å². The Labute approximate surface area is 95.2 Å². The van der Waals surface area contributed by atoms with Gasteiger partial charge in [-0.15, -0.1) is 0 Å². The fraction of sp³-hybridized carbons (Fsp3) is 0.462. The summed E-state index contributed by atoms with van der Waals surface area (Å²) >= 11 is 0. The number of rotatable bonds is 3. The highest BCUT2D eigenvalue weighted by molar-refractivity contribution is 5.87. The first-order valence-corrected chi connectivity index (χ1v) is 5.95. The fourth-order valence-electron chi connectivity index (χ4n) is 2.15. The van der Waals surface area contributed by atoms with Crippen molar-refractivity contribution in [3.8, 4) is 0 Å². The van der Waals surface area contributed by atoms with Crippen LogP contribution in [-0.4, -0.2) is 18.5 Å². The number of para-hydroxylation sites is 1. The summed E-state index contributed by atoms with van der Waals surface area (Å²) in [6.07, 6.45) is 3.36. The molecule has 1 fully saturated rings. The number of nitrogens with one attached hydrogen (secondary N) is 2. The van der Waals surface area contributed by atoms with Crippen LogP contribution >= 0.6 is 0 Å². The van der Waals surface area contributed by atoms with Crippen molar-refractivity contribution in [1.82, 2.24) is 5.32 Å². The lowest BCUT2D eigenvalue weighted by Gasteiger charge is -2.11. The summed E-state index contributed by atoms with van der Waals surface area (Å²) in [4.78, 5) is 11.9. The second-order valence-electron chi connectivity index (χ2n) is 4.75. The molecule has 2 N–H and O–H groups in total. The van der Waals surface area contributed by atoms with Crippen LogP contribution in [0.25, 0.3) is 0 Å². The molecular weight excluding hydrogens is 200 g/mol. The molecule has 1 unspecified atom stereocenters. The second-order valence-corrected chi connectivity index (χ2v) is 4.75. The summed E-state index contributed by atoms with van der Waals surface area (Å²) in [5.74, 6) is 0.885. The van der Waals surface area contributed by atoms with Gasteiger partial charge in [0.15, 0.2) is 0 Å². The topological polar surface area (TPSA) is 41.1 Å². The van der Waals surface area contributed by atoms with E-state index in [2.05, 4.69) is 16.7 Å². The van der Waals surface area contributed by atoms with Crippen LogP contribution in [-0.2, 0) is 11.2 Å². The zero-order valence-corrected chi connectivity index (χ0v) is 9.20. The lowest BCUT2D eigenvalue weighted by atomic mass is 10.1. The summed E-state index contributed by atoms with van der Waals surface area (Å²) in [7, 11) is 0. The van der Waals surface area contributed by atoms with Crippen molar-refractivity contribution >= 4 is 11.6 Å². The Kier molecular flexibility index (Phi) is 2.31. The van der Waals surface area contributed by atoms with Crippen molar-refractivity contribution in [2.45, 2.75) is 25.3 Å². The molecule has 1 heterocycles. The number of amides is 1. The van der Waals surface area contributed by atoms with Crippen molar-refractivity contribution in [1.29, 1.82) is 0 Å². The average molecular weight is 216 g/mol. The van der Waals surface area contributed by atoms with E-state index in [1.165, 1.54) is 18.4 Å². The first-order chi connectivity index (χ1) is 7.83. The Morgan fingerprint density at radius 1 is 1.38 bits per heavy atom. The van der Waals surface area contributed by atoms with Crippen LogP contribution in [0.4, 0.5) is 5.69 Å². The molecule has 1 aliphatic carbocycles. The van der Waals surface area contributed by atoms with Crippen LogP contribution in [0.1, 0.15) is 18.4 Å².